The van der Waals surface area contributed by atoms with E-state index in [2.05, 4.69) is 22.5 Å². The molecular weight excluding hydrogens is 348 g/mol. The van der Waals surface area contributed by atoms with Crippen LogP contribution in [0, 0.1) is 0 Å². The molecule has 0 radical (unpaired) electrons. The lowest BCUT2D eigenvalue weighted by Crippen LogP contribution is -2.09. The molecule has 0 aliphatic heterocycles. The third-order valence-electron chi connectivity index (χ3n) is 2.71. The van der Waals surface area contributed by atoms with E-state index in [0.29, 0.717) is 16.9 Å². The van der Waals surface area contributed by atoms with Crippen molar-refractivity contribution in [2.45, 2.75) is 0 Å². The molecule has 0 atom stereocenters. The number of benzene rings is 2. The Balaban J connectivity index is 2.01. The molecule has 0 bridgehead atoms. The lowest BCUT2D eigenvalue weighted by atomic mass is 10.2. The monoisotopic (exact) mass is 360 g/mol. The maximum atomic E-state index is 11.9. The van der Waals surface area contributed by atoms with Crippen molar-refractivity contribution in [2.75, 3.05) is 6.61 Å². The Morgan fingerprint density at radius 3 is 2.09 bits per heavy atom. The molecule has 0 saturated carbocycles. The number of hydrogen-bond acceptors (Lipinski definition) is 4. The van der Waals surface area contributed by atoms with Gasteiger partial charge in [0.1, 0.15) is 12.4 Å². The molecule has 0 saturated heterocycles. The minimum Gasteiger partial charge on any atom is -0.458 e. The van der Waals surface area contributed by atoms with Gasteiger partial charge >= 0.3 is 11.9 Å². The third kappa shape index (κ3) is 4.30. The van der Waals surface area contributed by atoms with E-state index in [-0.39, 0.29) is 6.61 Å². The van der Waals surface area contributed by atoms with E-state index < -0.39 is 11.9 Å². The van der Waals surface area contributed by atoms with E-state index >= 15 is 0 Å². The summed E-state index contributed by atoms with van der Waals surface area (Å²) in [5.41, 5.74) is 0.822. The summed E-state index contributed by atoms with van der Waals surface area (Å²) in [6, 6.07) is 13.0. The van der Waals surface area contributed by atoms with E-state index in [0.717, 1.165) is 4.47 Å². The average molecular weight is 361 g/mol. The summed E-state index contributed by atoms with van der Waals surface area (Å²) in [4.78, 5) is 23.6. The first-order chi connectivity index (χ1) is 10.6. The van der Waals surface area contributed by atoms with Crippen LogP contribution >= 0.6 is 15.9 Å². The van der Waals surface area contributed by atoms with Crippen molar-refractivity contribution in [1.29, 1.82) is 0 Å². The molecule has 2 aromatic carbocycles. The Morgan fingerprint density at radius 1 is 0.955 bits per heavy atom. The van der Waals surface area contributed by atoms with Crippen LogP contribution in [0.3, 0.4) is 0 Å². The molecule has 0 heterocycles. The normalized spacial score (nSPS) is 9.86. The molecule has 5 heteroatoms. The van der Waals surface area contributed by atoms with Crippen molar-refractivity contribution in [3.63, 3.8) is 0 Å². The van der Waals surface area contributed by atoms with Crippen LogP contribution in [0.25, 0.3) is 0 Å². The average Bonchev–Trinajstić information content (AvgIpc) is 2.54. The Kier molecular flexibility index (Phi) is 5.49. The van der Waals surface area contributed by atoms with E-state index in [1.54, 1.807) is 36.4 Å². The molecule has 0 aliphatic rings. The number of halogens is 1. The van der Waals surface area contributed by atoms with Crippen molar-refractivity contribution in [3.8, 4) is 5.75 Å². The second-order valence-corrected chi connectivity index (χ2v) is 5.22. The number of rotatable bonds is 5. The number of carbonyl (C=O) groups is 2. The topological polar surface area (TPSA) is 52.6 Å². The highest BCUT2D eigenvalue weighted by molar-refractivity contribution is 9.10. The van der Waals surface area contributed by atoms with Gasteiger partial charge in [-0.1, -0.05) is 28.6 Å². The minimum absolute atomic E-state index is 0.152. The van der Waals surface area contributed by atoms with E-state index in [9.17, 15) is 9.59 Å². The first-order valence-corrected chi connectivity index (χ1v) is 7.25. The fourth-order valence-electron chi connectivity index (χ4n) is 1.63. The van der Waals surface area contributed by atoms with Crippen LogP contribution in [0.4, 0.5) is 0 Å². The fraction of sp³-hybridized carbons (Fsp3) is 0.0588. The van der Waals surface area contributed by atoms with Crippen LogP contribution in [-0.2, 0) is 4.74 Å². The van der Waals surface area contributed by atoms with Crippen LogP contribution in [0.15, 0.2) is 65.7 Å². The SMILES string of the molecule is C=CCOC(=O)c1ccc(OC(=O)c2ccc(Br)cc2)cc1. The Morgan fingerprint density at radius 2 is 1.50 bits per heavy atom. The zero-order valence-corrected chi connectivity index (χ0v) is 13.2. The number of esters is 2. The van der Waals surface area contributed by atoms with Crippen LogP contribution in [0.1, 0.15) is 20.7 Å². The maximum Gasteiger partial charge on any atom is 0.343 e. The number of carbonyl (C=O) groups excluding carboxylic acids is 2. The molecule has 0 spiro atoms. The van der Waals surface area contributed by atoms with Gasteiger partial charge < -0.3 is 9.47 Å². The zero-order valence-electron chi connectivity index (χ0n) is 11.6. The van der Waals surface area contributed by atoms with Gasteiger partial charge in [-0.2, -0.15) is 0 Å². The highest BCUT2D eigenvalue weighted by Gasteiger charge is 2.10. The summed E-state index contributed by atoms with van der Waals surface area (Å²) in [6.45, 7) is 3.62. The summed E-state index contributed by atoms with van der Waals surface area (Å²) in [6.07, 6.45) is 1.49. The highest BCUT2D eigenvalue weighted by atomic mass is 79.9. The lowest BCUT2D eigenvalue weighted by molar-refractivity contribution is 0.0549. The quantitative estimate of drug-likeness (QED) is 0.459. The Labute approximate surface area is 136 Å². The fourth-order valence-corrected chi connectivity index (χ4v) is 1.89. The molecule has 0 aliphatic carbocycles. The van der Waals surface area contributed by atoms with E-state index in [4.69, 9.17) is 9.47 Å². The van der Waals surface area contributed by atoms with Gasteiger partial charge in [-0.3, -0.25) is 0 Å². The van der Waals surface area contributed by atoms with Crippen molar-refractivity contribution in [3.05, 3.63) is 76.8 Å². The molecule has 0 amide bonds. The first-order valence-electron chi connectivity index (χ1n) is 6.46. The zero-order chi connectivity index (χ0) is 15.9. The van der Waals surface area contributed by atoms with Crippen molar-refractivity contribution in [2.24, 2.45) is 0 Å². The molecule has 22 heavy (non-hydrogen) atoms. The molecule has 0 N–H and O–H groups in total. The molecule has 2 aromatic rings. The van der Waals surface area contributed by atoms with Gasteiger partial charge in [0.2, 0.25) is 0 Å². The maximum absolute atomic E-state index is 11.9. The predicted octanol–water partition coefficient (Wildman–Crippen LogP) is 4.01. The molecule has 0 unspecified atom stereocenters. The second-order valence-electron chi connectivity index (χ2n) is 4.31. The molecular formula is C17H13BrO4. The van der Waals surface area contributed by atoms with Gasteiger partial charge in [0.25, 0.3) is 0 Å². The highest BCUT2D eigenvalue weighted by Crippen LogP contribution is 2.16. The van der Waals surface area contributed by atoms with Crippen molar-refractivity contribution < 1.29 is 19.1 Å². The molecule has 4 nitrogen and oxygen atoms in total. The van der Waals surface area contributed by atoms with Crippen LogP contribution in [-0.4, -0.2) is 18.5 Å². The van der Waals surface area contributed by atoms with Crippen molar-refractivity contribution >= 4 is 27.9 Å². The van der Waals surface area contributed by atoms with Gasteiger partial charge in [0, 0.05) is 4.47 Å². The first kappa shape index (κ1) is 16.0. The Bertz CT molecular complexity index is 675. The van der Waals surface area contributed by atoms with Gasteiger partial charge in [0.15, 0.2) is 0 Å². The van der Waals surface area contributed by atoms with Gasteiger partial charge in [-0.15, -0.1) is 0 Å². The lowest BCUT2D eigenvalue weighted by Gasteiger charge is -2.06. The van der Waals surface area contributed by atoms with E-state index in [1.165, 1.54) is 18.2 Å². The van der Waals surface area contributed by atoms with E-state index in [1.807, 2.05) is 0 Å². The summed E-state index contributed by atoms with van der Waals surface area (Å²) in [5.74, 6) is -0.562. The van der Waals surface area contributed by atoms with Crippen LogP contribution < -0.4 is 4.74 Å². The summed E-state index contributed by atoms with van der Waals surface area (Å²) in [7, 11) is 0. The molecule has 2 rings (SSSR count). The summed E-state index contributed by atoms with van der Waals surface area (Å²) < 4.78 is 11.0. The number of ether oxygens (including phenoxy) is 2. The van der Waals surface area contributed by atoms with Crippen LogP contribution in [0.5, 0.6) is 5.75 Å². The standard InChI is InChI=1S/C17H13BrO4/c1-2-11-21-16(19)12-5-9-15(10-6-12)22-17(20)13-3-7-14(18)8-4-13/h2-10H,1,11H2. The molecule has 0 fully saturated rings. The van der Waals surface area contributed by atoms with Gasteiger partial charge in [-0.25, -0.2) is 9.59 Å². The predicted molar refractivity (Wildman–Crippen MR) is 86.0 cm³/mol. The number of hydrogen-bond donors (Lipinski definition) is 0. The Hall–Kier alpha value is -2.40. The van der Waals surface area contributed by atoms with Gasteiger partial charge in [-0.05, 0) is 48.5 Å². The minimum atomic E-state index is -0.463. The third-order valence-corrected chi connectivity index (χ3v) is 3.24. The molecule has 112 valence electrons. The summed E-state index contributed by atoms with van der Waals surface area (Å²) in [5, 5.41) is 0. The van der Waals surface area contributed by atoms with Crippen LogP contribution in [0.2, 0.25) is 0 Å². The second kappa shape index (κ2) is 7.56. The van der Waals surface area contributed by atoms with Crippen molar-refractivity contribution in [1.82, 2.24) is 0 Å². The largest absolute Gasteiger partial charge is 0.458 e. The van der Waals surface area contributed by atoms with Gasteiger partial charge in [0.05, 0.1) is 11.1 Å². The molecule has 0 aromatic heterocycles. The smallest absolute Gasteiger partial charge is 0.343 e. The summed E-state index contributed by atoms with van der Waals surface area (Å²) >= 11 is 3.30.